The zero-order valence-corrected chi connectivity index (χ0v) is 19.8. The monoisotopic (exact) mass is 468 g/mol. The molecule has 1 aromatic heterocycles. The van der Waals surface area contributed by atoms with Gasteiger partial charge in [0.05, 0.1) is 30.6 Å². The van der Waals surface area contributed by atoms with Crippen LogP contribution in [0, 0.1) is 0 Å². The lowest BCUT2D eigenvalue weighted by atomic mass is 10.0. The number of carbonyl (C=O) groups is 2. The number of methoxy groups -OCH3 is 1. The molecule has 0 aliphatic carbocycles. The number of imidazole rings is 1. The van der Waals surface area contributed by atoms with Gasteiger partial charge in [-0.25, -0.2) is 4.98 Å². The van der Waals surface area contributed by atoms with Crippen LogP contribution in [0.15, 0.2) is 78.9 Å². The molecule has 0 fully saturated rings. The first-order chi connectivity index (χ1) is 17.0. The summed E-state index contributed by atoms with van der Waals surface area (Å²) in [5, 5.41) is 2.97. The fourth-order valence-corrected chi connectivity index (χ4v) is 4.68. The van der Waals surface area contributed by atoms with Gasteiger partial charge in [0.2, 0.25) is 11.8 Å². The highest BCUT2D eigenvalue weighted by Gasteiger charge is 2.40. The molecule has 1 aliphatic rings. The molecule has 7 nitrogen and oxygen atoms in total. The number of amides is 2. The summed E-state index contributed by atoms with van der Waals surface area (Å²) in [6, 6.07) is 24.4. The summed E-state index contributed by atoms with van der Waals surface area (Å²) in [6.45, 7) is 2.85. The molecule has 0 saturated carbocycles. The van der Waals surface area contributed by atoms with E-state index in [4.69, 9.17) is 9.72 Å². The first-order valence-corrected chi connectivity index (χ1v) is 11.8. The van der Waals surface area contributed by atoms with Crippen LogP contribution in [-0.2, 0) is 22.7 Å². The van der Waals surface area contributed by atoms with Crippen molar-refractivity contribution >= 4 is 22.8 Å². The number of nitrogens with zero attached hydrogens (tertiary/aromatic N) is 3. The molecule has 2 heterocycles. The molecule has 178 valence electrons. The number of hydrogen-bond donors (Lipinski definition) is 1. The van der Waals surface area contributed by atoms with E-state index in [1.54, 1.807) is 7.11 Å². The zero-order valence-electron chi connectivity index (χ0n) is 19.8. The average Bonchev–Trinajstić information content (AvgIpc) is 3.28. The summed E-state index contributed by atoms with van der Waals surface area (Å²) in [7, 11) is 1.62. The molecule has 1 N–H and O–H groups in total. The number of nitrogens with one attached hydrogen (secondary N) is 1. The van der Waals surface area contributed by atoms with Crippen molar-refractivity contribution in [1.82, 2.24) is 19.8 Å². The molecule has 4 aromatic rings. The summed E-state index contributed by atoms with van der Waals surface area (Å²) >= 11 is 0. The Morgan fingerprint density at radius 1 is 0.971 bits per heavy atom. The second-order valence-corrected chi connectivity index (χ2v) is 8.80. The molecule has 0 radical (unpaired) electrons. The van der Waals surface area contributed by atoms with Crippen LogP contribution in [0.4, 0.5) is 0 Å². The van der Waals surface area contributed by atoms with E-state index in [1.807, 2.05) is 95.3 Å². The van der Waals surface area contributed by atoms with Gasteiger partial charge in [0.25, 0.3) is 0 Å². The number of carbonyl (C=O) groups excluding carboxylic acids is 2. The standard InChI is InChI=1S/C28H28N4O3/c1-19-27-30-23-10-6-7-11-24(23)32(27)25(28(34)31(19)18-21-8-4-3-5-9-21)16-26(33)29-17-20-12-14-22(35-2)15-13-20/h3-15,19,25H,16-18H2,1-2H3,(H,29,33)/t19-,25+/m0/s1. The summed E-state index contributed by atoms with van der Waals surface area (Å²) < 4.78 is 7.15. The van der Waals surface area contributed by atoms with Gasteiger partial charge in [0.1, 0.15) is 17.6 Å². The highest BCUT2D eigenvalue weighted by Crippen LogP contribution is 2.37. The van der Waals surface area contributed by atoms with Gasteiger partial charge in [0, 0.05) is 13.1 Å². The predicted octanol–water partition coefficient (Wildman–Crippen LogP) is 4.40. The molecule has 35 heavy (non-hydrogen) atoms. The fourth-order valence-electron chi connectivity index (χ4n) is 4.68. The third kappa shape index (κ3) is 4.49. The van der Waals surface area contributed by atoms with E-state index in [0.29, 0.717) is 13.1 Å². The maximum absolute atomic E-state index is 13.8. The van der Waals surface area contributed by atoms with E-state index >= 15 is 0 Å². The quantitative estimate of drug-likeness (QED) is 0.436. The van der Waals surface area contributed by atoms with E-state index < -0.39 is 6.04 Å². The minimum absolute atomic E-state index is 0.0420. The largest absolute Gasteiger partial charge is 0.497 e. The number of ether oxygens (including phenoxy) is 1. The SMILES string of the molecule is COc1ccc(CNC(=O)C[C@@H]2C(=O)N(Cc3ccccc3)[C@@H](C)c3nc4ccccc4n32)cc1. The Balaban J connectivity index is 1.42. The molecule has 2 amide bonds. The van der Waals surface area contributed by atoms with Gasteiger partial charge >= 0.3 is 0 Å². The molecule has 0 spiro atoms. The maximum atomic E-state index is 13.8. The molecule has 0 saturated heterocycles. The van der Waals surface area contributed by atoms with Crippen LogP contribution in [0.1, 0.15) is 42.4 Å². The van der Waals surface area contributed by atoms with Crippen LogP contribution in [0.5, 0.6) is 5.75 Å². The van der Waals surface area contributed by atoms with E-state index in [9.17, 15) is 9.59 Å². The van der Waals surface area contributed by atoms with E-state index in [-0.39, 0.29) is 24.3 Å². The van der Waals surface area contributed by atoms with Crippen molar-refractivity contribution in [1.29, 1.82) is 0 Å². The Kier molecular flexibility index (Phi) is 6.23. The first-order valence-electron chi connectivity index (χ1n) is 11.8. The molecule has 3 aromatic carbocycles. The smallest absolute Gasteiger partial charge is 0.247 e. The van der Waals surface area contributed by atoms with Crippen molar-refractivity contribution in [3.63, 3.8) is 0 Å². The molecule has 0 bridgehead atoms. The summed E-state index contributed by atoms with van der Waals surface area (Å²) in [5.74, 6) is 1.31. The zero-order chi connectivity index (χ0) is 24.4. The Morgan fingerprint density at radius 3 is 2.43 bits per heavy atom. The number of hydrogen-bond acceptors (Lipinski definition) is 4. The van der Waals surface area contributed by atoms with Gasteiger partial charge in [-0.1, -0.05) is 54.6 Å². The maximum Gasteiger partial charge on any atom is 0.247 e. The highest BCUT2D eigenvalue weighted by molar-refractivity contribution is 5.90. The number of rotatable bonds is 7. The van der Waals surface area contributed by atoms with Gasteiger partial charge in [-0.05, 0) is 42.3 Å². The van der Waals surface area contributed by atoms with Gasteiger partial charge in [-0.15, -0.1) is 0 Å². The van der Waals surface area contributed by atoms with Crippen molar-refractivity contribution in [2.75, 3.05) is 7.11 Å². The first kappa shape index (κ1) is 22.7. The lowest BCUT2D eigenvalue weighted by Crippen LogP contribution is -2.46. The summed E-state index contributed by atoms with van der Waals surface area (Å²) in [5.41, 5.74) is 3.70. The van der Waals surface area contributed by atoms with Crippen LogP contribution >= 0.6 is 0 Å². The molecular weight excluding hydrogens is 440 g/mol. The van der Waals surface area contributed by atoms with Crippen LogP contribution in [0.25, 0.3) is 11.0 Å². The van der Waals surface area contributed by atoms with Crippen LogP contribution in [0.2, 0.25) is 0 Å². The van der Waals surface area contributed by atoms with E-state index in [0.717, 1.165) is 33.7 Å². The molecular formula is C28H28N4O3. The van der Waals surface area contributed by atoms with Crippen LogP contribution in [-0.4, -0.2) is 33.4 Å². The van der Waals surface area contributed by atoms with Gasteiger partial charge in [-0.3, -0.25) is 9.59 Å². The number of aromatic nitrogens is 2. The molecule has 2 atom stereocenters. The molecule has 7 heteroatoms. The minimum atomic E-state index is -0.659. The second-order valence-electron chi connectivity index (χ2n) is 8.80. The Bertz CT molecular complexity index is 1350. The van der Waals surface area contributed by atoms with Gasteiger partial charge in [-0.2, -0.15) is 0 Å². The summed E-state index contributed by atoms with van der Waals surface area (Å²) in [6.07, 6.45) is 0.0420. The van der Waals surface area contributed by atoms with Crippen molar-refractivity contribution in [2.24, 2.45) is 0 Å². The Morgan fingerprint density at radius 2 is 1.69 bits per heavy atom. The van der Waals surface area contributed by atoms with E-state index in [1.165, 1.54) is 0 Å². The minimum Gasteiger partial charge on any atom is -0.497 e. The van der Waals surface area contributed by atoms with Gasteiger partial charge < -0.3 is 19.5 Å². The molecule has 0 unspecified atom stereocenters. The van der Waals surface area contributed by atoms with Crippen LogP contribution in [0.3, 0.4) is 0 Å². The van der Waals surface area contributed by atoms with Crippen molar-refractivity contribution < 1.29 is 14.3 Å². The fraction of sp³-hybridized carbons (Fsp3) is 0.250. The van der Waals surface area contributed by atoms with Crippen molar-refractivity contribution in [2.45, 2.75) is 38.5 Å². The lowest BCUT2D eigenvalue weighted by Gasteiger charge is -2.38. The predicted molar refractivity (Wildman–Crippen MR) is 134 cm³/mol. The molecule has 1 aliphatic heterocycles. The average molecular weight is 469 g/mol. The number of fused-ring (bicyclic) bond motifs is 3. The second kappa shape index (κ2) is 9.62. The van der Waals surface area contributed by atoms with Crippen molar-refractivity contribution in [3.8, 4) is 5.75 Å². The highest BCUT2D eigenvalue weighted by atomic mass is 16.5. The lowest BCUT2D eigenvalue weighted by molar-refractivity contribution is -0.142. The Hall–Kier alpha value is -4.13. The third-order valence-electron chi connectivity index (χ3n) is 6.57. The number of benzene rings is 3. The summed E-state index contributed by atoms with van der Waals surface area (Å²) in [4.78, 5) is 33.5. The topological polar surface area (TPSA) is 76.5 Å². The van der Waals surface area contributed by atoms with Crippen LogP contribution < -0.4 is 10.1 Å². The molecule has 5 rings (SSSR count). The van der Waals surface area contributed by atoms with E-state index in [2.05, 4.69) is 5.32 Å². The van der Waals surface area contributed by atoms with Crippen molar-refractivity contribution in [3.05, 3.63) is 95.8 Å². The third-order valence-corrected chi connectivity index (χ3v) is 6.57. The Labute approximate surface area is 204 Å². The number of para-hydroxylation sites is 2. The van der Waals surface area contributed by atoms with Gasteiger partial charge in [0.15, 0.2) is 0 Å². The normalized spacial score (nSPS) is 17.3.